The van der Waals surface area contributed by atoms with Gasteiger partial charge in [0.2, 0.25) is 5.91 Å². The van der Waals surface area contributed by atoms with E-state index >= 15 is 0 Å². The highest BCUT2D eigenvalue weighted by atomic mass is 16.5. The molecule has 0 saturated carbocycles. The maximum atomic E-state index is 12.1. The number of nitrogen functional groups attached to an aromatic ring is 1. The second kappa shape index (κ2) is 5.63. The van der Waals surface area contributed by atoms with E-state index < -0.39 is 0 Å². The third-order valence-electron chi connectivity index (χ3n) is 2.77. The molecule has 1 amide bonds. The molecule has 7 nitrogen and oxygen atoms in total. The Hall–Kier alpha value is -1.89. The number of carbonyl (C=O) groups excluding carboxylic acids is 1. The first-order valence-electron chi connectivity index (χ1n) is 5.88. The van der Waals surface area contributed by atoms with Crippen molar-refractivity contribution in [3.8, 4) is 0 Å². The van der Waals surface area contributed by atoms with E-state index in [9.17, 15) is 4.79 Å². The van der Waals surface area contributed by atoms with E-state index in [4.69, 9.17) is 10.5 Å². The van der Waals surface area contributed by atoms with Crippen LogP contribution in [0.2, 0.25) is 0 Å². The maximum absolute atomic E-state index is 12.1. The standard InChI is InChI=1S/C11H17N5O2/c1-8(11(17)16-4-6-18-7-5-16)15-10-9(12)13-2-3-14-10/h2-3,8H,4-7H2,1H3,(H2,12,13)(H,14,15). The molecule has 1 aromatic rings. The molecule has 1 aliphatic rings. The highest BCUT2D eigenvalue weighted by Crippen LogP contribution is 2.12. The molecule has 0 radical (unpaired) electrons. The first kappa shape index (κ1) is 12.6. The van der Waals surface area contributed by atoms with Gasteiger partial charge in [0.25, 0.3) is 0 Å². The predicted octanol–water partition coefficient (Wildman–Crippen LogP) is -0.282. The number of hydrogen-bond acceptors (Lipinski definition) is 6. The number of nitrogens with two attached hydrogens (primary N) is 1. The van der Waals surface area contributed by atoms with Crippen LogP contribution in [-0.2, 0) is 9.53 Å². The predicted molar refractivity (Wildman–Crippen MR) is 66.9 cm³/mol. The van der Waals surface area contributed by atoms with E-state index in [1.165, 1.54) is 12.4 Å². The average molecular weight is 251 g/mol. The van der Waals surface area contributed by atoms with Crippen LogP contribution in [0.25, 0.3) is 0 Å². The summed E-state index contributed by atoms with van der Waals surface area (Å²) >= 11 is 0. The topological polar surface area (TPSA) is 93.4 Å². The van der Waals surface area contributed by atoms with Crippen molar-refractivity contribution in [2.45, 2.75) is 13.0 Å². The number of morpholine rings is 1. The summed E-state index contributed by atoms with van der Waals surface area (Å²) in [6, 6.07) is -0.387. The van der Waals surface area contributed by atoms with Crippen LogP contribution < -0.4 is 11.1 Å². The molecule has 1 atom stereocenters. The summed E-state index contributed by atoms with van der Waals surface area (Å²) in [6.07, 6.45) is 3.04. The molecule has 1 fully saturated rings. The monoisotopic (exact) mass is 251 g/mol. The van der Waals surface area contributed by atoms with Gasteiger partial charge in [-0.1, -0.05) is 0 Å². The molecule has 0 bridgehead atoms. The molecule has 1 saturated heterocycles. The van der Waals surface area contributed by atoms with Crippen LogP contribution in [-0.4, -0.2) is 53.1 Å². The Morgan fingerprint density at radius 3 is 2.78 bits per heavy atom. The minimum atomic E-state index is -0.387. The van der Waals surface area contributed by atoms with Crippen molar-refractivity contribution in [2.24, 2.45) is 0 Å². The molecule has 1 aliphatic heterocycles. The van der Waals surface area contributed by atoms with Gasteiger partial charge >= 0.3 is 0 Å². The third-order valence-corrected chi connectivity index (χ3v) is 2.77. The molecule has 7 heteroatoms. The van der Waals surface area contributed by atoms with Crippen molar-refractivity contribution < 1.29 is 9.53 Å². The van der Waals surface area contributed by atoms with Gasteiger partial charge in [0.1, 0.15) is 6.04 Å². The van der Waals surface area contributed by atoms with Gasteiger partial charge in [0.05, 0.1) is 13.2 Å². The van der Waals surface area contributed by atoms with Crippen molar-refractivity contribution >= 4 is 17.5 Å². The number of aromatic nitrogens is 2. The van der Waals surface area contributed by atoms with Gasteiger partial charge in [-0.25, -0.2) is 9.97 Å². The lowest BCUT2D eigenvalue weighted by Gasteiger charge is -2.29. The van der Waals surface area contributed by atoms with E-state index in [1.54, 1.807) is 11.8 Å². The van der Waals surface area contributed by atoms with E-state index in [0.717, 1.165) is 0 Å². The summed E-state index contributed by atoms with van der Waals surface area (Å²) in [6.45, 7) is 4.21. The molecule has 18 heavy (non-hydrogen) atoms. The lowest BCUT2D eigenvalue weighted by Crippen LogP contribution is -2.47. The normalized spacial score (nSPS) is 17.3. The molecule has 1 unspecified atom stereocenters. The SMILES string of the molecule is CC(Nc1nccnc1N)C(=O)N1CCOCC1. The minimum absolute atomic E-state index is 0.0170. The highest BCUT2D eigenvalue weighted by Gasteiger charge is 2.23. The average Bonchev–Trinajstić information content (AvgIpc) is 2.41. The van der Waals surface area contributed by atoms with E-state index in [1.807, 2.05) is 0 Å². The van der Waals surface area contributed by atoms with Crippen molar-refractivity contribution in [2.75, 3.05) is 37.4 Å². The molecule has 98 valence electrons. The number of amides is 1. The van der Waals surface area contributed by atoms with Crippen molar-refractivity contribution in [1.82, 2.24) is 14.9 Å². The summed E-state index contributed by atoms with van der Waals surface area (Å²) in [5.41, 5.74) is 5.67. The van der Waals surface area contributed by atoms with Gasteiger partial charge in [-0.05, 0) is 6.92 Å². The lowest BCUT2D eigenvalue weighted by molar-refractivity contribution is -0.135. The molecule has 0 aromatic carbocycles. The smallest absolute Gasteiger partial charge is 0.244 e. The van der Waals surface area contributed by atoms with Crippen molar-refractivity contribution in [3.63, 3.8) is 0 Å². The fourth-order valence-corrected chi connectivity index (χ4v) is 1.78. The minimum Gasteiger partial charge on any atom is -0.381 e. The van der Waals surface area contributed by atoms with Gasteiger partial charge < -0.3 is 20.7 Å². The first-order valence-corrected chi connectivity index (χ1v) is 5.88. The Morgan fingerprint density at radius 2 is 2.11 bits per heavy atom. The number of ether oxygens (including phenoxy) is 1. The molecule has 0 spiro atoms. The number of rotatable bonds is 3. The molecular formula is C11H17N5O2. The van der Waals surface area contributed by atoms with Crippen LogP contribution in [0.5, 0.6) is 0 Å². The molecule has 2 heterocycles. The Labute approximate surface area is 105 Å². The Kier molecular flexibility index (Phi) is 3.93. The zero-order valence-corrected chi connectivity index (χ0v) is 10.3. The van der Waals surface area contributed by atoms with Gasteiger partial charge in [-0.15, -0.1) is 0 Å². The maximum Gasteiger partial charge on any atom is 0.244 e. The lowest BCUT2D eigenvalue weighted by atomic mass is 10.2. The molecule has 2 rings (SSSR count). The second-order valence-electron chi connectivity index (χ2n) is 4.09. The van der Waals surface area contributed by atoms with E-state index in [2.05, 4.69) is 15.3 Å². The van der Waals surface area contributed by atoms with Crippen LogP contribution in [0.3, 0.4) is 0 Å². The van der Waals surface area contributed by atoms with Crippen LogP contribution in [0.15, 0.2) is 12.4 Å². The van der Waals surface area contributed by atoms with Crippen LogP contribution in [0.4, 0.5) is 11.6 Å². The van der Waals surface area contributed by atoms with Gasteiger partial charge in [0, 0.05) is 25.5 Å². The summed E-state index contributed by atoms with van der Waals surface area (Å²) in [5.74, 6) is 0.745. The first-order chi connectivity index (χ1) is 8.68. The van der Waals surface area contributed by atoms with Gasteiger partial charge in [-0.3, -0.25) is 4.79 Å². The Balaban J connectivity index is 1.96. The number of nitrogens with zero attached hydrogens (tertiary/aromatic N) is 3. The summed E-state index contributed by atoms with van der Waals surface area (Å²) in [5, 5.41) is 2.98. The number of hydrogen-bond donors (Lipinski definition) is 2. The van der Waals surface area contributed by atoms with Crippen LogP contribution in [0.1, 0.15) is 6.92 Å². The molecule has 3 N–H and O–H groups in total. The summed E-state index contributed by atoms with van der Waals surface area (Å²) in [4.78, 5) is 21.9. The highest BCUT2D eigenvalue weighted by molar-refractivity contribution is 5.84. The largest absolute Gasteiger partial charge is 0.381 e. The molecule has 1 aromatic heterocycles. The number of nitrogens with one attached hydrogen (secondary N) is 1. The Bertz CT molecular complexity index is 420. The molecule has 0 aliphatic carbocycles. The van der Waals surface area contributed by atoms with Crippen molar-refractivity contribution in [1.29, 1.82) is 0 Å². The zero-order valence-electron chi connectivity index (χ0n) is 10.3. The quantitative estimate of drug-likeness (QED) is 0.767. The van der Waals surface area contributed by atoms with E-state index in [0.29, 0.717) is 37.9 Å². The van der Waals surface area contributed by atoms with Crippen molar-refractivity contribution in [3.05, 3.63) is 12.4 Å². The number of anilines is 2. The van der Waals surface area contributed by atoms with Gasteiger partial charge in [0.15, 0.2) is 11.6 Å². The summed E-state index contributed by atoms with van der Waals surface area (Å²) < 4.78 is 5.21. The third kappa shape index (κ3) is 2.86. The second-order valence-corrected chi connectivity index (χ2v) is 4.09. The van der Waals surface area contributed by atoms with Crippen LogP contribution in [0, 0.1) is 0 Å². The molecular weight excluding hydrogens is 234 g/mol. The Morgan fingerprint density at radius 1 is 1.44 bits per heavy atom. The summed E-state index contributed by atoms with van der Waals surface area (Å²) in [7, 11) is 0. The van der Waals surface area contributed by atoms with Crippen LogP contribution >= 0.6 is 0 Å². The number of carbonyl (C=O) groups is 1. The fraction of sp³-hybridized carbons (Fsp3) is 0.545. The van der Waals surface area contributed by atoms with E-state index in [-0.39, 0.29) is 11.9 Å². The fourth-order valence-electron chi connectivity index (χ4n) is 1.78. The van der Waals surface area contributed by atoms with Gasteiger partial charge in [-0.2, -0.15) is 0 Å². The zero-order chi connectivity index (χ0) is 13.0.